The highest BCUT2D eigenvalue weighted by Gasteiger charge is 2.21. The zero-order valence-corrected chi connectivity index (χ0v) is 18.7. The summed E-state index contributed by atoms with van der Waals surface area (Å²) in [6, 6.07) is 6.68. The van der Waals surface area contributed by atoms with Gasteiger partial charge in [0.15, 0.2) is 5.96 Å². The number of halogens is 3. The number of nitrogens with zero attached hydrogens (tertiary/aromatic N) is 2. The van der Waals surface area contributed by atoms with Gasteiger partial charge in [-0.3, -0.25) is 4.99 Å². The predicted molar refractivity (Wildman–Crippen MR) is 116 cm³/mol. The quantitative estimate of drug-likeness (QED) is 0.237. The third-order valence-corrected chi connectivity index (χ3v) is 4.37. The zero-order chi connectivity index (χ0) is 19.5. The van der Waals surface area contributed by atoms with Crippen LogP contribution >= 0.6 is 24.0 Å². The summed E-state index contributed by atoms with van der Waals surface area (Å²) in [6.07, 6.45) is 3.09. The molecule has 0 atom stereocenters. The Balaban J connectivity index is 0.00000392. The number of rotatable bonds is 9. The van der Waals surface area contributed by atoms with E-state index in [1.807, 2.05) is 6.07 Å². The first kappa shape index (κ1) is 24.8. The van der Waals surface area contributed by atoms with Crippen molar-refractivity contribution in [2.24, 2.45) is 4.99 Å². The number of nitrogens with one attached hydrogen (secondary N) is 1. The first-order chi connectivity index (χ1) is 13.1. The van der Waals surface area contributed by atoms with Gasteiger partial charge in [0.05, 0.1) is 6.10 Å². The maximum atomic E-state index is 12.3. The number of hydrogen-bond donors (Lipinski definition) is 1. The van der Waals surface area contributed by atoms with Gasteiger partial charge >= 0.3 is 6.61 Å². The second kappa shape index (κ2) is 13.9. The number of piperidine rings is 1. The number of alkyl halides is 2. The van der Waals surface area contributed by atoms with Crippen molar-refractivity contribution >= 4 is 29.9 Å². The zero-order valence-electron chi connectivity index (χ0n) is 16.4. The molecule has 0 bridgehead atoms. The summed E-state index contributed by atoms with van der Waals surface area (Å²) in [5.74, 6) is 0.957. The minimum absolute atomic E-state index is 0. The minimum Gasteiger partial charge on any atom is -0.435 e. The van der Waals surface area contributed by atoms with Crippen molar-refractivity contribution in [2.45, 2.75) is 38.5 Å². The van der Waals surface area contributed by atoms with E-state index in [0.717, 1.165) is 57.1 Å². The molecule has 0 saturated carbocycles. The SMILES string of the molecule is CN=C(NCc1cccc(OC(F)F)c1)N1CCC(OCCCOC)CC1.I. The number of methoxy groups -OCH3 is 1. The first-order valence-electron chi connectivity index (χ1n) is 9.22. The van der Waals surface area contributed by atoms with Crippen LogP contribution in [-0.2, 0) is 16.0 Å². The van der Waals surface area contributed by atoms with Crippen LogP contribution in [0.15, 0.2) is 29.3 Å². The van der Waals surface area contributed by atoms with Gasteiger partial charge in [-0.1, -0.05) is 12.1 Å². The smallest absolute Gasteiger partial charge is 0.387 e. The van der Waals surface area contributed by atoms with E-state index in [2.05, 4.69) is 19.9 Å². The van der Waals surface area contributed by atoms with Crippen LogP contribution in [0.1, 0.15) is 24.8 Å². The fraction of sp³-hybridized carbons (Fsp3) is 0.632. The van der Waals surface area contributed by atoms with Crippen LogP contribution in [0.25, 0.3) is 0 Å². The molecule has 1 N–H and O–H groups in total. The van der Waals surface area contributed by atoms with E-state index in [1.54, 1.807) is 26.3 Å². The molecule has 0 aromatic heterocycles. The Morgan fingerprint density at radius 2 is 2.04 bits per heavy atom. The normalized spacial score (nSPS) is 15.5. The van der Waals surface area contributed by atoms with Gasteiger partial charge in [0.1, 0.15) is 5.75 Å². The number of likely N-dealkylation sites (tertiary alicyclic amines) is 1. The summed E-state index contributed by atoms with van der Waals surface area (Å²) < 4.78 is 40.0. The van der Waals surface area contributed by atoms with Crippen LogP contribution in [-0.4, -0.2) is 64.0 Å². The molecule has 0 unspecified atom stereocenters. The Labute approximate surface area is 182 Å². The molecule has 160 valence electrons. The Morgan fingerprint density at radius 1 is 1.29 bits per heavy atom. The molecule has 1 saturated heterocycles. The molecule has 1 aromatic carbocycles. The molecular weight excluding hydrogens is 483 g/mol. The van der Waals surface area contributed by atoms with E-state index in [9.17, 15) is 8.78 Å². The Morgan fingerprint density at radius 3 is 2.68 bits per heavy atom. The fourth-order valence-electron chi connectivity index (χ4n) is 3.03. The van der Waals surface area contributed by atoms with Crippen LogP contribution < -0.4 is 10.1 Å². The van der Waals surface area contributed by atoms with E-state index >= 15 is 0 Å². The molecule has 6 nitrogen and oxygen atoms in total. The molecule has 0 amide bonds. The van der Waals surface area contributed by atoms with Crippen molar-refractivity contribution in [1.29, 1.82) is 0 Å². The minimum atomic E-state index is -2.82. The number of guanidine groups is 1. The summed E-state index contributed by atoms with van der Waals surface area (Å²) in [7, 11) is 3.44. The van der Waals surface area contributed by atoms with Crippen molar-refractivity contribution in [3.8, 4) is 5.75 Å². The van der Waals surface area contributed by atoms with Crippen LogP contribution in [0.5, 0.6) is 5.75 Å². The summed E-state index contributed by atoms with van der Waals surface area (Å²) in [4.78, 5) is 6.52. The van der Waals surface area contributed by atoms with Crippen molar-refractivity contribution in [1.82, 2.24) is 10.2 Å². The van der Waals surface area contributed by atoms with Gasteiger partial charge in [0.25, 0.3) is 0 Å². The van der Waals surface area contributed by atoms with Crippen molar-refractivity contribution in [3.05, 3.63) is 29.8 Å². The van der Waals surface area contributed by atoms with Gasteiger partial charge in [0.2, 0.25) is 0 Å². The lowest BCUT2D eigenvalue weighted by molar-refractivity contribution is -0.0498. The van der Waals surface area contributed by atoms with E-state index in [0.29, 0.717) is 6.54 Å². The third-order valence-electron chi connectivity index (χ3n) is 4.37. The van der Waals surface area contributed by atoms with Gasteiger partial charge in [-0.2, -0.15) is 8.78 Å². The lowest BCUT2D eigenvalue weighted by Gasteiger charge is -2.34. The summed E-state index contributed by atoms with van der Waals surface area (Å²) in [6.45, 7) is 0.841. The Kier molecular flexibility index (Phi) is 12.3. The Bertz CT molecular complexity index is 585. The summed E-state index contributed by atoms with van der Waals surface area (Å²) in [5, 5.41) is 3.29. The maximum Gasteiger partial charge on any atom is 0.387 e. The molecule has 1 fully saturated rings. The summed E-state index contributed by atoms with van der Waals surface area (Å²) in [5.41, 5.74) is 0.852. The monoisotopic (exact) mass is 513 g/mol. The van der Waals surface area contributed by atoms with E-state index in [4.69, 9.17) is 9.47 Å². The fourth-order valence-corrected chi connectivity index (χ4v) is 3.03. The molecule has 0 spiro atoms. The largest absolute Gasteiger partial charge is 0.435 e. The number of aliphatic imine (C=N–C) groups is 1. The highest BCUT2D eigenvalue weighted by molar-refractivity contribution is 14.0. The van der Waals surface area contributed by atoms with Gasteiger partial charge in [0, 0.05) is 47.0 Å². The third kappa shape index (κ3) is 8.87. The molecule has 0 radical (unpaired) electrons. The lowest BCUT2D eigenvalue weighted by Crippen LogP contribution is -2.46. The molecule has 28 heavy (non-hydrogen) atoms. The average molecular weight is 513 g/mol. The Hall–Kier alpha value is -1.20. The van der Waals surface area contributed by atoms with Gasteiger partial charge in [-0.05, 0) is 37.0 Å². The van der Waals surface area contributed by atoms with Crippen molar-refractivity contribution in [3.63, 3.8) is 0 Å². The molecule has 1 aliphatic rings. The van der Waals surface area contributed by atoms with Crippen LogP contribution in [0.2, 0.25) is 0 Å². The second-order valence-electron chi connectivity index (χ2n) is 6.33. The van der Waals surface area contributed by atoms with E-state index < -0.39 is 6.61 Å². The highest BCUT2D eigenvalue weighted by Crippen LogP contribution is 2.17. The molecule has 2 rings (SSSR count). The van der Waals surface area contributed by atoms with Crippen LogP contribution in [0, 0.1) is 0 Å². The standard InChI is InChI=1S/C19H29F2N3O3.HI/c1-22-19(23-14-15-5-3-6-17(13-15)27-18(20)21)24-9-7-16(8-10-24)26-12-4-11-25-2;/h3,5-6,13,16,18H,4,7-12,14H2,1-2H3,(H,22,23);1H. The van der Waals surface area contributed by atoms with Crippen molar-refractivity contribution < 1.29 is 23.0 Å². The molecule has 1 aromatic rings. The van der Waals surface area contributed by atoms with Crippen LogP contribution in [0.3, 0.4) is 0 Å². The molecular formula is C19H30F2IN3O3. The average Bonchev–Trinajstić information content (AvgIpc) is 2.66. The second-order valence-corrected chi connectivity index (χ2v) is 6.33. The molecule has 9 heteroatoms. The van der Waals surface area contributed by atoms with Gasteiger partial charge in [-0.25, -0.2) is 0 Å². The topological polar surface area (TPSA) is 55.3 Å². The van der Waals surface area contributed by atoms with Crippen molar-refractivity contribution in [2.75, 3.05) is 40.5 Å². The predicted octanol–water partition coefficient (Wildman–Crippen LogP) is 3.50. The lowest BCUT2D eigenvalue weighted by atomic mass is 10.1. The number of ether oxygens (including phenoxy) is 3. The molecule has 1 aliphatic heterocycles. The number of hydrogen-bond acceptors (Lipinski definition) is 4. The van der Waals surface area contributed by atoms with E-state index in [-0.39, 0.29) is 35.8 Å². The van der Waals surface area contributed by atoms with E-state index in [1.165, 1.54) is 6.07 Å². The van der Waals surface area contributed by atoms with Crippen LogP contribution in [0.4, 0.5) is 8.78 Å². The maximum absolute atomic E-state index is 12.3. The molecule has 0 aliphatic carbocycles. The molecule has 1 heterocycles. The number of benzene rings is 1. The first-order valence-corrected chi connectivity index (χ1v) is 9.22. The highest BCUT2D eigenvalue weighted by atomic mass is 127. The van der Waals surface area contributed by atoms with Gasteiger partial charge in [-0.15, -0.1) is 24.0 Å². The van der Waals surface area contributed by atoms with Gasteiger partial charge < -0.3 is 24.4 Å². The summed E-state index contributed by atoms with van der Waals surface area (Å²) >= 11 is 0.